The van der Waals surface area contributed by atoms with Gasteiger partial charge in [-0.1, -0.05) is 41.0 Å². The predicted molar refractivity (Wildman–Crippen MR) is 89.1 cm³/mol. The molecule has 0 bridgehead atoms. The fourth-order valence-electron chi connectivity index (χ4n) is 2.01. The van der Waals surface area contributed by atoms with Crippen molar-refractivity contribution >= 4 is 46.0 Å². The Kier molecular flexibility index (Phi) is 4.02. The molecule has 0 amide bonds. The Hall–Kier alpha value is -1.36. The topological polar surface area (TPSA) is 37.9 Å². The number of aromatic nitrogens is 2. The van der Waals surface area contributed by atoms with Crippen LogP contribution in [0.3, 0.4) is 0 Å². The molecule has 3 rings (SSSR count). The van der Waals surface area contributed by atoms with Crippen molar-refractivity contribution in [2.45, 2.75) is 12.1 Å². The first kappa shape index (κ1) is 14.6. The predicted octanol–water partition coefficient (Wildman–Crippen LogP) is 5.69. The van der Waals surface area contributed by atoms with Crippen molar-refractivity contribution in [3.8, 4) is 11.5 Å². The zero-order chi connectivity index (χ0) is 15.0. The Labute approximate surface area is 136 Å². The first-order valence-electron chi connectivity index (χ1n) is 6.24. The molecule has 0 aliphatic rings. The lowest BCUT2D eigenvalue weighted by Gasteiger charge is -2.10. The summed E-state index contributed by atoms with van der Waals surface area (Å²) in [6.07, 6.45) is 1.98. The average molecular weight is 339 g/mol. The molecule has 0 aliphatic heterocycles. The summed E-state index contributed by atoms with van der Waals surface area (Å²) < 4.78 is 5.89. The van der Waals surface area contributed by atoms with Crippen molar-refractivity contribution in [1.82, 2.24) is 9.97 Å². The molecule has 108 valence electrons. The van der Waals surface area contributed by atoms with Crippen molar-refractivity contribution in [2.75, 3.05) is 6.26 Å². The molecule has 0 saturated carbocycles. The van der Waals surface area contributed by atoms with E-state index in [4.69, 9.17) is 27.9 Å². The van der Waals surface area contributed by atoms with Gasteiger partial charge < -0.3 is 9.72 Å². The number of hydrogen-bond donors (Lipinski definition) is 1. The molecule has 0 fully saturated rings. The maximum atomic E-state index is 6.16. The number of aromatic amines is 1. The number of halogens is 2. The van der Waals surface area contributed by atoms with Gasteiger partial charge in [0.15, 0.2) is 5.16 Å². The summed E-state index contributed by atoms with van der Waals surface area (Å²) in [7, 11) is 0. The molecule has 0 spiro atoms. The summed E-state index contributed by atoms with van der Waals surface area (Å²) in [5.41, 5.74) is 2.84. The van der Waals surface area contributed by atoms with Crippen molar-refractivity contribution in [3.63, 3.8) is 0 Å². The number of nitrogens with one attached hydrogen (secondary N) is 1. The summed E-state index contributed by atoms with van der Waals surface area (Å²) in [6.45, 7) is 1.98. The van der Waals surface area contributed by atoms with Crippen LogP contribution in [0.1, 0.15) is 5.56 Å². The van der Waals surface area contributed by atoms with E-state index in [2.05, 4.69) is 9.97 Å². The molecule has 3 aromatic rings. The van der Waals surface area contributed by atoms with Crippen LogP contribution in [0.4, 0.5) is 0 Å². The molecule has 2 aromatic carbocycles. The van der Waals surface area contributed by atoms with Gasteiger partial charge in [-0.15, -0.1) is 0 Å². The molecular weight excluding hydrogens is 327 g/mol. The Morgan fingerprint density at radius 2 is 2.00 bits per heavy atom. The van der Waals surface area contributed by atoms with Crippen LogP contribution in [0.25, 0.3) is 11.0 Å². The number of ether oxygens (including phenoxy) is 1. The van der Waals surface area contributed by atoms with E-state index in [0.29, 0.717) is 21.5 Å². The van der Waals surface area contributed by atoms with Crippen LogP contribution in [0, 0.1) is 6.92 Å². The third-order valence-corrected chi connectivity index (χ3v) is 4.47. The van der Waals surface area contributed by atoms with Gasteiger partial charge in [0, 0.05) is 6.07 Å². The van der Waals surface area contributed by atoms with Crippen LogP contribution >= 0.6 is 35.0 Å². The number of H-pyrrole nitrogens is 1. The van der Waals surface area contributed by atoms with Crippen molar-refractivity contribution in [1.29, 1.82) is 0 Å². The van der Waals surface area contributed by atoms with Crippen LogP contribution in [-0.4, -0.2) is 16.2 Å². The van der Waals surface area contributed by atoms with Crippen molar-refractivity contribution in [2.24, 2.45) is 0 Å². The molecule has 3 nitrogen and oxygen atoms in total. The maximum absolute atomic E-state index is 6.16. The minimum Gasteiger partial charge on any atom is -0.455 e. The Bertz CT molecular complexity index is 817. The molecule has 0 saturated heterocycles. The first-order valence-corrected chi connectivity index (χ1v) is 8.23. The minimum atomic E-state index is 0.408. The highest BCUT2D eigenvalue weighted by Crippen LogP contribution is 2.36. The number of fused-ring (bicyclic) bond motifs is 1. The summed E-state index contributed by atoms with van der Waals surface area (Å²) in [4.78, 5) is 7.73. The van der Waals surface area contributed by atoms with Crippen molar-refractivity contribution in [3.05, 3.63) is 45.9 Å². The number of thioether (sulfide) groups is 1. The van der Waals surface area contributed by atoms with E-state index in [1.807, 2.05) is 25.3 Å². The molecule has 6 heteroatoms. The van der Waals surface area contributed by atoms with E-state index in [1.54, 1.807) is 30.0 Å². The monoisotopic (exact) mass is 338 g/mol. The second-order valence-corrected chi connectivity index (χ2v) is 6.12. The molecular formula is C15H12Cl2N2OS. The lowest BCUT2D eigenvalue weighted by Crippen LogP contribution is -1.89. The van der Waals surface area contributed by atoms with Gasteiger partial charge in [0.1, 0.15) is 16.5 Å². The molecule has 0 aliphatic carbocycles. The van der Waals surface area contributed by atoms with Crippen LogP contribution in [0.15, 0.2) is 35.5 Å². The highest BCUT2D eigenvalue weighted by Gasteiger charge is 2.11. The summed E-state index contributed by atoms with van der Waals surface area (Å²) in [5, 5.41) is 1.75. The number of aryl methyl sites for hydroxylation is 1. The average Bonchev–Trinajstić information content (AvgIpc) is 2.86. The number of hydrogen-bond acceptors (Lipinski definition) is 3. The highest BCUT2D eigenvalue weighted by molar-refractivity contribution is 7.98. The zero-order valence-corrected chi connectivity index (χ0v) is 13.7. The molecule has 0 unspecified atom stereocenters. The summed E-state index contributed by atoms with van der Waals surface area (Å²) in [6, 6.07) is 9.23. The lowest BCUT2D eigenvalue weighted by atomic mass is 10.2. The second-order valence-electron chi connectivity index (χ2n) is 4.53. The van der Waals surface area contributed by atoms with Crippen LogP contribution in [0.2, 0.25) is 10.0 Å². The molecule has 1 aromatic heterocycles. The quantitative estimate of drug-likeness (QED) is 0.623. The van der Waals surface area contributed by atoms with Crippen LogP contribution in [0.5, 0.6) is 11.5 Å². The minimum absolute atomic E-state index is 0.408. The van der Waals surface area contributed by atoms with E-state index in [-0.39, 0.29) is 0 Å². The van der Waals surface area contributed by atoms with Crippen LogP contribution < -0.4 is 4.74 Å². The van der Waals surface area contributed by atoms with E-state index in [0.717, 1.165) is 21.8 Å². The van der Waals surface area contributed by atoms with Crippen LogP contribution in [-0.2, 0) is 0 Å². The van der Waals surface area contributed by atoms with E-state index >= 15 is 0 Å². The van der Waals surface area contributed by atoms with Gasteiger partial charge in [-0.3, -0.25) is 0 Å². The third kappa shape index (κ3) is 2.84. The molecule has 1 N–H and O–H groups in total. The van der Waals surface area contributed by atoms with Crippen molar-refractivity contribution < 1.29 is 4.74 Å². The largest absolute Gasteiger partial charge is 0.455 e. The number of imidazole rings is 1. The first-order chi connectivity index (χ1) is 10.1. The maximum Gasteiger partial charge on any atom is 0.166 e. The molecule has 0 radical (unpaired) electrons. The zero-order valence-electron chi connectivity index (χ0n) is 11.4. The Morgan fingerprint density at radius 3 is 2.76 bits per heavy atom. The third-order valence-electron chi connectivity index (χ3n) is 3.09. The second kappa shape index (κ2) is 5.79. The number of nitrogens with zero attached hydrogens (tertiary/aromatic N) is 1. The van der Waals surface area contributed by atoms with Gasteiger partial charge in [0.2, 0.25) is 0 Å². The van der Waals surface area contributed by atoms with Gasteiger partial charge in [-0.25, -0.2) is 4.98 Å². The van der Waals surface area contributed by atoms with Gasteiger partial charge >= 0.3 is 0 Å². The summed E-state index contributed by atoms with van der Waals surface area (Å²) in [5.74, 6) is 1.25. The molecule has 1 heterocycles. The standard InChI is InChI=1S/C15H12Cl2N2OS/c1-8-6-10-11(19-15(18-10)21-2)7-13(8)20-12-5-3-4-9(16)14(12)17/h3-7H,1-2H3,(H,18,19). The van der Waals surface area contributed by atoms with Gasteiger partial charge in [0.25, 0.3) is 0 Å². The Balaban J connectivity index is 2.03. The lowest BCUT2D eigenvalue weighted by molar-refractivity contribution is 0.480. The van der Waals surface area contributed by atoms with Gasteiger partial charge in [0.05, 0.1) is 16.1 Å². The van der Waals surface area contributed by atoms with Gasteiger partial charge in [-0.2, -0.15) is 0 Å². The number of benzene rings is 2. The van der Waals surface area contributed by atoms with E-state index < -0.39 is 0 Å². The SMILES string of the molecule is CSc1nc2cc(Oc3cccc(Cl)c3Cl)c(C)cc2[nH]1. The van der Waals surface area contributed by atoms with E-state index in [1.165, 1.54) is 0 Å². The van der Waals surface area contributed by atoms with E-state index in [9.17, 15) is 0 Å². The van der Waals surface area contributed by atoms with Gasteiger partial charge in [-0.05, 0) is 36.9 Å². The summed E-state index contributed by atoms with van der Waals surface area (Å²) >= 11 is 13.7. The number of rotatable bonds is 3. The smallest absolute Gasteiger partial charge is 0.166 e. The fraction of sp³-hybridized carbons (Fsp3) is 0.133. The fourth-order valence-corrected chi connectivity index (χ4v) is 2.74. The molecule has 0 atom stereocenters. The normalized spacial score (nSPS) is 11.0. The molecule has 21 heavy (non-hydrogen) atoms. The highest BCUT2D eigenvalue weighted by atomic mass is 35.5. The Morgan fingerprint density at radius 1 is 1.19 bits per heavy atom.